The first-order chi connectivity index (χ1) is 26.6. The van der Waals surface area contributed by atoms with Gasteiger partial charge in [0.05, 0.1) is 11.4 Å². The number of fused-ring (bicyclic) bond motifs is 1. The highest BCUT2D eigenvalue weighted by molar-refractivity contribution is 5.89. The first-order valence-corrected chi connectivity index (χ1v) is 18.3. The molecule has 4 heteroatoms. The molecule has 0 fully saturated rings. The normalized spacial score (nSPS) is 11.1. The van der Waals surface area contributed by atoms with Gasteiger partial charge in [-0.3, -0.25) is 9.97 Å². The zero-order valence-electron chi connectivity index (χ0n) is 30.3. The Morgan fingerprint density at radius 2 is 1.02 bits per heavy atom. The van der Waals surface area contributed by atoms with Crippen LogP contribution in [0.3, 0.4) is 0 Å². The van der Waals surface area contributed by atoms with Gasteiger partial charge in [-0.05, 0) is 113 Å². The van der Waals surface area contributed by atoms with Crippen LogP contribution in [0.1, 0.15) is 5.56 Å². The van der Waals surface area contributed by atoms with Crippen LogP contribution in [-0.2, 0) is 7.05 Å². The lowest BCUT2D eigenvalue weighted by molar-refractivity contribution is 0.969. The smallest absolute Gasteiger partial charge is 0.0709 e. The van der Waals surface area contributed by atoms with Gasteiger partial charge in [-0.15, -0.1) is 0 Å². The second kappa shape index (κ2) is 14.2. The number of anilines is 3. The zero-order valence-corrected chi connectivity index (χ0v) is 30.3. The molecule has 0 bridgehead atoms. The van der Waals surface area contributed by atoms with Crippen molar-refractivity contribution < 1.29 is 0 Å². The van der Waals surface area contributed by atoms with E-state index < -0.39 is 0 Å². The molecule has 258 valence electrons. The van der Waals surface area contributed by atoms with Gasteiger partial charge in [0, 0.05) is 64.7 Å². The fraction of sp³-hybridized carbons (Fsp3) is 0.0400. The number of rotatable bonds is 8. The third-order valence-corrected chi connectivity index (χ3v) is 10.2. The summed E-state index contributed by atoms with van der Waals surface area (Å²) in [6.45, 7) is 2.12. The minimum Gasteiger partial charge on any atom is -0.351 e. The standard InChI is InChI=1S/C50H38N4/c1-35-34-52-49(33-47(35)39-13-7-4-8-14-39)42-16-10-18-45(30-42)54(46-23-24-50-43(31-46)26-28-53(50)2)44-17-9-15-41(29-44)48-32-40(25-27-51-48)38-21-19-37(20-22-38)36-11-5-3-6-12-36/h3-34H,1-2H3. The average Bonchev–Trinajstić information content (AvgIpc) is 3.61. The Morgan fingerprint density at radius 1 is 0.444 bits per heavy atom. The Hall–Kier alpha value is -7.04. The van der Waals surface area contributed by atoms with Gasteiger partial charge < -0.3 is 9.47 Å². The molecular weight excluding hydrogens is 657 g/mol. The number of nitrogens with zero attached hydrogens (tertiary/aromatic N) is 4. The Balaban J connectivity index is 1.11. The number of aromatic nitrogens is 3. The second-order valence-electron chi connectivity index (χ2n) is 13.7. The molecule has 0 spiro atoms. The Kier molecular flexibility index (Phi) is 8.62. The van der Waals surface area contributed by atoms with E-state index in [9.17, 15) is 0 Å². The molecule has 3 aromatic heterocycles. The van der Waals surface area contributed by atoms with Crippen molar-refractivity contribution in [1.29, 1.82) is 0 Å². The van der Waals surface area contributed by atoms with Gasteiger partial charge in [-0.2, -0.15) is 0 Å². The number of hydrogen-bond acceptors (Lipinski definition) is 3. The SMILES string of the molecule is Cc1cnc(-c2cccc(N(c3cccc(-c4cc(-c5ccc(-c6ccccc6)cc5)ccn4)c3)c3ccc4c(ccn4C)c3)c2)cc1-c1ccccc1. The predicted molar refractivity (Wildman–Crippen MR) is 225 cm³/mol. The Bertz CT molecular complexity index is 2730. The van der Waals surface area contributed by atoms with Crippen LogP contribution in [0.5, 0.6) is 0 Å². The summed E-state index contributed by atoms with van der Waals surface area (Å²) in [4.78, 5) is 12.1. The second-order valence-corrected chi connectivity index (χ2v) is 13.7. The molecule has 0 N–H and O–H groups in total. The molecule has 0 saturated heterocycles. The minimum atomic E-state index is 0.922. The van der Waals surface area contributed by atoms with Crippen molar-refractivity contribution in [3.63, 3.8) is 0 Å². The maximum atomic E-state index is 4.90. The molecule has 9 aromatic rings. The molecule has 0 unspecified atom stereocenters. The van der Waals surface area contributed by atoms with Gasteiger partial charge in [0.1, 0.15) is 0 Å². The number of pyridine rings is 2. The van der Waals surface area contributed by atoms with Gasteiger partial charge in [0.25, 0.3) is 0 Å². The maximum Gasteiger partial charge on any atom is 0.0709 e. The van der Waals surface area contributed by atoms with Crippen molar-refractivity contribution in [1.82, 2.24) is 14.5 Å². The molecule has 0 aliphatic carbocycles. The molecular formula is C50H38N4. The summed E-state index contributed by atoms with van der Waals surface area (Å²) < 4.78 is 2.16. The fourth-order valence-corrected chi connectivity index (χ4v) is 7.33. The van der Waals surface area contributed by atoms with Crippen LogP contribution < -0.4 is 4.90 Å². The highest BCUT2D eigenvalue weighted by atomic mass is 15.1. The third kappa shape index (κ3) is 6.46. The first-order valence-electron chi connectivity index (χ1n) is 18.3. The van der Waals surface area contributed by atoms with Crippen molar-refractivity contribution in [2.45, 2.75) is 6.92 Å². The van der Waals surface area contributed by atoms with Crippen molar-refractivity contribution in [3.8, 4) is 55.9 Å². The molecule has 4 nitrogen and oxygen atoms in total. The fourth-order valence-electron chi connectivity index (χ4n) is 7.33. The monoisotopic (exact) mass is 694 g/mol. The van der Waals surface area contributed by atoms with E-state index in [1.807, 2.05) is 18.5 Å². The highest BCUT2D eigenvalue weighted by Crippen LogP contribution is 2.40. The van der Waals surface area contributed by atoms with E-state index in [0.717, 1.165) is 56.3 Å². The molecule has 0 radical (unpaired) electrons. The van der Waals surface area contributed by atoms with Crippen LogP contribution in [0.25, 0.3) is 66.8 Å². The average molecular weight is 695 g/mol. The first kappa shape index (κ1) is 32.8. The van der Waals surface area contributed by atoms with Gasteiger partial charge in [-0.25, -0.2) is 0 Å². The molecule has 0 aliphatic rings. The predicted octanol–water partition coefficient (Wildman–Crippen LogP) is 13.1. The van der Waals surface area contributed by atoms with E-state index in [2.05, 4.69) is 199 Å². The summed E-state index contributed by atoms with van der Waals surface area (Å²) in [7, 11) is 2.09. The summed E-state index contributed by atoms with van der Waals surface area (Å²) in [6.07, 6.45) is 6.00. The van der Waals surface area contributed by atoms with Crippen molar-refractivity contribution in [2.24, 2.45) is 7.05 Å². The minimum absolute atomic E-state index is 0.922. The van der Waals surface area contributed by atoms with Gasteiger partial charge in [-0.1, -0.05) is 109 Å². The summed E-state index contributed by atoms with van der Waals surface area (Å²) >= 11 is 0. The van der Waals surface area contributed by atoms with Crippen molar-refractivity contribution >= 4 is 28.0 Å². The molecule has 3 heterocycles. The largest absolute Gasteiger partial charge is 0.351 e. The molecule has 9 rings (SSSR count). The van der Waals surface area contributed by atoms with Gasteiger partial charge in [0.2, 0.25) is 0 Å². The number of hydrogen-bond donors (Lipinski definition) is 0. The Labute approximate surface area is 316 Å². The third-order valence-electron chi connectivity index (χ3n) is 10.2. The molecule has 0 aliphatic heterocycles. The van der Waals surface area contributed by atoms with Crippen molar-refractivity contribution in [2.75, 3.05) is 4.90 Å². The van der Waals surface area contributed by atoms with E-state index in [-0.39, 0.29) is 0 Å². The lowest BCUT2D eigenvalue weighted by atomic mass is 9.99. The van der Waals surface area contributed by atoms with Crippen LogP contribution in [0.2, 0.25) is 0 Å². The molecule has 6 aromatic carbocycles. The molecule has 0 atom stereocenters. The number of benzene rings is 6. The van der Waals surface area contributed by atoms with E-state index >= 15 is 0 Å². The molecule has 0 saturated carbocycles. The van der Waals surface area contributed by atoms with Crippen LogP contribution in [-0.4, -0.2) is 14.5 Å². The molecule has 0 amide bonds. The van der Waals surface area contributed by atoms with Gasteiger partial charge >= 0.3 is 0 Å². The summed E-state index contributed by atoms with van der Waals surface area (Å²) in [5.74, 6) is 0. The summed E-state index contributed by atoms with van der Waals surface area (Å²) in [6, 6.07) is 62.5. The summed E-state index contributed by atoms with van der Waals surface area (Å²) in [5.41, 5.74) is 16.5. The number of aryl methyl sites for hydroxylation is 2. The van der Waals surface area contributed by atoms with E-state index in [1.165, 1.54) is 33.2 Å². The summed E-state index contributed by atoms with van der Waals surface area (Å²) in [5, 5.41) is 1.19. The Morgan fingerprint density at radius 3 is 1.70 bits per heavy atom. The van der Waals surface area contributed by atoms with E-state index in [1.54, 1.807) is 0 Å². The quantitative estimate of drug-likeness (QED) is 0.159. The van der Waals surface area contributed by atoms with E-state index in [4.69, 9.17) is 9.97 Å². The molecule has 54 heavy (non-hydrogen) atoms. The van der Waals surface area contributed by atoms with E-state index in [0.29, 0.717) is 0 Å². The van der Waals surface area contributed by atoms with Crippen LogP contribution in [0.4, 0.5) is 17.1 Å². The van der Waals surface area contributed by atoms with Crippen LogP contribution in [0.15, 0.2) is 195 Å². The highest BCUT2D eigenvalue weighted by Gasteiger charge is 2.17. The van der Waals surface area contributed by atoms with Crippen molar-refractivity contribution in [3.05, 3.63) is 200 Å². The van der Waals surface area contributed by atoms with Crippen LogP contribution >= 0.6 is 0 Å². The van der Waals surface area contributed by atoms with Crippen LogP contribution in [0, 0.1) is 6.92 Å². The lowest BCUT2D eigenvalue weighted by Gasteiger charge is -2.26. The topological polar surface area (TPSA) is 34.0 Å². The lowest BCUT2D eigenvalue weighted by Crippen LogP contribution is -2.10. The van der Waals surface area contributed by atoms with Gasteiger partial charge in [0.15, 0.2) is 0 Å². The maximum absolute atomic E-state index is 4.90. The zero-order chi connectivity index (χ0) is 36.4.